The fourth-order valence-corrected chi connectivity index (χ4v) is 2.87. The van der Waals surface area contributed by atoms with Crippen LogP contribution in [0, 0.1) is 6.92 Å². The molecular formula is C18H18ClFN6O. The minimum absolute atomic E-state index is 0.0884. The van der Waals surface area contributed by atoms with Crippen molar-refractivity contribution in [2.75, 3.05) is 10.6 Å². The molecule has 0 unspecified atom stereocenters. The second-order valence-corrected chi connectivity index (χ2v) is 6.35. The van der Waals surface area contributed by atoms with Gasteiger partial charge in [0.2, 0.25) is 0 Å². The molecule has 1 aromatic carbocycles. The van der Waals surface area contributed by atoms with E-state index in [4.69, 9.17) is 17.3 Å². The lowest BCUT2D eigenvalue weighted by Gasteiger charge is -2.14. The number of halogens is 2. The maximum atomic E-state index is 13.2. The first-order valence-electron chi connectivity index (χ1n) is 8.06. The number of aryl methyl sites for hydroxylation is 2. The number of nitrogens with zero attached hydrogens (tertiary/aromatic N) is 3. The number of pyridine rings is 1. The lowest BCUT2D eigenvalue weighted by molar-refractivity contribution is 0.0999. The fourth-order valence-electron chi connectivity index (χ4n) is 2.71. The summed E-state index contributed by atoms with van der Waals surface area (Å²) in [6.45, 7) is 1.07. The molecule has 1 amide bonds. The number of hydrogen-bond acceptors (Lipinski definition) is 5. The van der Waals surface area contributed by atoms with Crippen LogP contribution in [0.3, 0.4) is 0 Å². The van der Waals surface area contributed by atoms with E-state index in [1.807, 2.05) is 20.2 Å². The zero-order valence-electron chi connectivity index (χ0n) is 14.8. The summed E-state index contributed by atoms with van der Waals surface area (Å²) in [6.07, 6.45) is 3.30. The highest BCUT2D eigenvalue weighted by Gasteiger charge is 2.15. The second-order valence-electron chi connectivity index (χ2n) is 5.94. The quantitative estimate of drug-likeness (QED) is 0.596. The summed E-state index contributed by atoms with van der Waals surface area (Å²) in [5.74, 6) is -0.194. The third kappa shape index (κ3) is 4.01. The molecule has 7 nitrogen and oxygen atoms in total. The minimum atomic E-state index is -0.801. The first kappa shape index (κ1) is 18.7. The van der Waals surface area contributed by atoms with Crippen molar-refractivity contribution in [1.82, 2.24) is 14.8 Å². The van der Waals surface area contributed by atoms with Gasteiger partial charge in [-0.3, -0.25) is 9.48 Å². The number of alkyl halides is 1. The molecule has 0 spiro atoms. The normalized spacial score (nSPS) is 10.7. The Balaban J connectivity index is 1.94. The molecule has 140 valence electrons. The number of nitrogens with two attached hydrogens (primary N) is 1. The zero-order valence-corrected chi connectivity index (χ0v) is 15.5. The smallest absolute Gasteiger partial charge is 0.251 e. The van der Waals surface area contributed by atoms with Crippen LogP contribution >= 0.6 is 11.6 Å². The molecular weight excluding hydrogens is 371 g/mol. The van der Waals surface area contributed by atoms with Gasteiger partial charge in [0.05, 0.1) is 39.5 Å². The highest BCUT2D eigenvalue weighted by Crippen LogP contribution is 2.31. The van der Waals surface area contributed by atoms with E-state index in [-0.39, 0.29) is 11.1 Å². The fraction of sp³-hybridized carbons (Fsp3) is 0.167. The number of aromatic nitrogens is 3. The van der Waals surface area contributed by atoms with Gasteiger partial charge in [0, 0.05) is 19.3 Å². The van der Waals surface area contributed by atoms with Crippen LogP contribution in [0.5, 0.6) is 0 Å². The predicted molar refractivity (Wildman–Crippen MR) is 104 cm³/mol. The van der Waals surface area contributed by atoms with E-state index < -0.39 is 12.6 Å². The van der Waals surface area contributed by atoms with Crippen molar-refractivity contribution in [2.45, 2.75) is 13.6 Å². The first-order valence-corrected chi connectivity index (χ1v) is 8.44. The Morgan fingerprint density at radius 1 is 1.30 bits per heavy atom. The number of primary amides is 1. The monoisotopic (exact) mass is 388 g/mol. The molecule has 0 aliphatic heterocycles. The highest BCUT2D eigenvalue weighted by atomic mass is 35.5. The molecule has 0 saturated heterocycles. The lowest BCUT2D eigenvalue weighted by atomic mass is 10.1. The molecule has 27 heavy (non-hydrogen) atoms. The van der Waals surface area contributed by atoms with E-state index in [0.717, 1.165) is 11.4 Å². The molecule has 4 N–H and O–H groups in total. The van der Waals surface area contributed by atoms with Crippen molar-refractivity contribution >= 4 is 40.4 Å². The van der Waals surface area contributed by atoms with E-state index in [2.05, 4.69) is 20.7 Å². The molecule has 0 aliphatic rings. The van der Waals surface area contributed by atoms with Crippen molar-refractivity contribution in [2.24, 2.45) is 12.8 Å². The molecule has 0 fully saturated rings. The summed E-state index contributed by atoms with van der Waals surface area (Å²) in [5.41, 5.74) is 8.20. The molecule has 3 rings (SSSR count). The Kier molecular flexibility index (Phi) is 5.27. The van der Waals surface area contributed by atoms with Crippen molar-refractivity contribution in [1.29, 1.82) is 0 Å². The molecule has 2 heterocycles. The zero-order chi connectivity index (χ0) is 19.6. The Morgan fingerprint density at radius 2 is 2.07 bits per heavy atom. The number of benzene rings is 1. The highest BCUT2D eigenvalue weighted by molar-refractivity contribution is 6.33. The molecule has 9 heteroatoms. The van der Waals surface area contributed by atoms with Crippen LogP contribution in [0.1, 0.15) is 21.6 Å². The lowest BCUT2D eigenvalue weighted by Crippen LogP contribution is -2.16. The maximum Gasteiger partial charge on any atom is 0.251 e. The van der Waals surface area contributed by atoms with E-state index >= 15 is 0 Å². The average Bonchev–Trinajstić information content (AvgIpc) is 2.94. The van der Waals surface area contributed by atoms with Gasteiger partial charge >= 0.3 is 0 Å². The van der Waals surface area contributed by atoms with Gasteiger partial charge in [0.25, 0.3) is 5.91 Å². The molecule has 0 saturated carbocycles. The van der Waals surface area contributed by atoms with Crippen molar-refractivity contribution in [3.05, 3.63) is 58.5 Å². The number of anilines is 4. The standard InChI is InChI=1S/C18H18ClFN6O/c1-10-15(9-26(2)25-10)24-16-6-14(12(19)8-22-16)23-13-5-3-4-11(7-20)17(13)18(21)27/h3-6,8-9H,7H2,1-2H3,(H2,21,27)(H2,22,23,24). The Morgan fingerprint density at radius 3 is 2.70 bits per heavy atom. The molecule has 3 aromatic rings. The summed E-state index contributed by atoms with van der Waals surface area (Å²) in [6, 6.07) is 6.46. The van der Waals surface area contributed by atoms with Crippen LogP contribution in [0.4, 0.5) is 27.3 Å². The third-order valence-corrected chi connectivity index (χ3v) is 4.24. The van der Waals surface area contributed by atoms with Gasteiger partial charge < -0.3 is 16.4 Å². The summed E-state index contributed by atoms with van der Waals surface area (Å²) >= 11 is 6.23. The summed E-state index contributed by atoms with van der Waals surface area (Å²) in [7, 11) is 1.82. The second kappa shape index (κ2) is 7.63. The van der Waals surface area contributed by atoms with E-state index in [1.165, 1.54) is 12.3 Å². The van der Waals surface area contributed by atoms with Crippen LogP contribution in [0.25, 0.3) is 0 Å². The Hall–Kier alpha value is -3.13. The predicted octanol–water partition coefficient (Wildman–Crippen LogP) is 3.83. The van der Waals surface area contributed by atoms with Gasteiger partial charge in [-0.25, -0.2) is 9.37 Å². The number of hydrogen-bond donors (Lipinski definition) is 3. The van der Waals surface area contributed by atoms with Crippen molar-refractivity contribution in [3.8, 4) is 0 Å². The number of nitrogens with one attached hydrogen (secondary N) is 2. The summed E-state index contributed by atoms with van der Waals surface area (Å²) in [5, 5.41) is 10.8. The van der Waals surface area contributed by atoms with Gasteiger partial charge in [0.15, 0.2) is 0 Å². The van der Waals surface area contributed by atoms with Crippen LogP contribution in [0.15, 0.2) is 36.7 Å². The van der Waals surface area contributed by atoms with E-state index in [1.54, 1.807) is 22.9 Å². The van der Waals surface area contributed by atoms with Gasteiger partial charge in [0.1, 0.15) is 12.5 Å². The molecule has 0 bridgehead atoms. The first-order chi connectivity index (χ1) is 12.9. The SMILES string of the molecule is Cc1nn(C)cc1Nc1cc(Nc2cccc(CF)c2C(N)=O)c(Cl)cn1. The van der Waals surface area contributed by atoms with E-state index in [0.29, 0.717) is 22.2 Å². The largest absolute Gasteiger partial charge is 0.366 e. The number of rotatable bonds is 6. The van der Waals surface area contributed by atoms with Crippen LogP contribution in [0.2, 0.25) is 5.02 Å². The van der Waals surface area contributed by atoms with Crippen LogP contribution in [-0.4, -0.2) is 20.7 Å². The van der Waals surface area contributed by atoms with Gasteiger partial charge in [-0.2, -0.15) is 5.10 Å². The summed E-state index contributed by atoms with van der Waals surface area (Å²) in [4.78, 5) is 16.0. The van der Waals surface area contributed by atoms with E-state index in [9.17, 15) is 9.18 Å². The van der Waals surface area contributed by atoms with Crippen molar-refractivity contribution < 1.29 is 9.18 Å². The number of carbonyl (C=O) groups excluding carboxylic acids is 1. The number of amides is 1. The summed E-state index contributed by atoms with van der Waals surface area (Å²) < 4.78 is 14.9. The average molecular weight is 389 g/mol. The molecule has 0 radical (unpaired) electrons. The van der Waals surface area contributed by atoms with Gasteiger partial charge in [-0.1, -0.05) is 23.7 Å². The van der Waals surface area contributed by atoms with Crippen LogP contribution < -0.4 is 16.4 Å². The van der Waals surface area contributed by atoms with Gasteiger partial charge in [-0.05, 0) is 18.6 Å². The Labute approximate surface area is 160 Å². The number of carbonyl (C=O) groups is 1. The Bertz CT molecular complexity index is 1000. The van der Waals surface area contributed by atoms with Gasteiger partial charge in [-0.15, -0.1) is 0 Å². The van der Waals surface area contributed by atoms with Crippen LogP contribution in [-0.2, 0) is 13.7 Å². The molecule has 0 aliphatic carbocycles. The minimum Gasteiger partial charge on any atom is -0.366 e. The molecule has 0 atom stereocenters. The third-order valence-electron chi connectivity index (χ3n) is 3.94. The molecule has 2 aromatic heterocycles. The maximum absolute atomic E-state index is 13.2. The van der Waals surface area contributed by atoms with Crippen molar-refractivity contribution in [3.63, 3.8) is 0 Å². The topological polar surface area (TPSA) is 97.9 Å².